The van der Waals surface area contributed by atoms with Gasteiger partial charge in [-0.25, -0.2) is 0 Å². The van der Waals surface area contributed by atoms with Crippen LogP contribution in [0.3, 0.4) is 0 Å². The predicted molar refractivity (Wildman–Crippen MR) is 87.8 cm³/mol. The summed E-state index contributed by atoms with van der Waals surface area (Å²) in [6.07, 6.45) is 2.36. The topological polar surface area (TPSA) is 51.3 Å². The van der Waals surface area contributed by atoms with E-state index < -0.39 is 0 Å². The van der Waals surface area contributed by atoms with Crippen LogP contribution in [0.5, 0.6) is 0 Å². The van der Waals surface area contributed by atoms with E-state index in [0.717, 1.165) is 29.6 Å². The van der Waals surface area contributed by atoms with Crippen LogP contribution in [0.4, 0.5) is 5.69 Å². The van der Waals surface area contributed by atoms with Crippen LogP contribution >= 0.6 is 0 Å². The molecule has 0 amide bonds. The minimum Gasteiger partial charge on any atom is -0.366 e. The molecule has 0 bridgehead atoms. The van der Waals surface area contributed by atoms with E-state index in [0.29, 0.717) is 18.5 Å². The molecular weight excluding hydrogens is 262 g/mol. The van der Waals surface area contributed by atoms with Crippen LogP contribution in [0.15, 0.2) is 35.1 Å². The molecule has 112 valence electrons. The van der Waals surface area contributed by atoms with E-state index >= 15 is 0 Å². The third kappa shape index (κ3) is 2.33. The number of piperidine rings is 1. The quantitative estimate of drug-likeness (QED) is 0.919. The second kappa shape index (κ2) is 5.53. The molecule has 1 aromatic heterocycles. The van der Waals surface area contributed by atoms with E-state index in [4.69, 9.17) is 5.73 Å². The van der Waals surface area contributed by atoms with Crippen molar-refractivity contribution in [3.63, 3.8) is 0 Å². The fourth-order valence-electron chi connectivity index (χ4n) is 3.54. The number of nitrogens with zero attached hydrogens (tertiary/aromatic N) is 2. The van der Waals surface area contributed by atoms with Crippen molar-refractivity contribution >= 4 is 16.6 Å². The van der Waals surface area contributed by atoms with Crippen molar-refractivity contribution in [2.45, 2.75) is 25.8 Å². The van der Waals surface area contributed by atoms with Crippen molar-refractivity contribution in [2.24, 2.45) is 18.7 Å². The van der Waals surface area contributed by atoms with E-state index in [1.54, 1.807) is 10.6 Å². The van der Waals surface area contributed by atoms with Crippen LogP contribution in [0, 0.1) is 5.92 Å². The first-order valence-corrected chi connectivity index (χ1v) is 7.69. The van der Waals surface area contributed by atoms with Crippen molar-refractivity contribution in [3.05, 3.63) is 40.7 Å². The highest BCUT2D eigenvalue weighted by molar-refractivity contribution is 5.92. The Hall–Kier alpha value is -1.81. The van der Waals surface area contributed by atoms with E-state index in [1.165, 1.54) is 6.42 Å². The normalized spacial score (nSPS) is 22.7. The summed E-state index contributed by atoms with van der Waals surface area (Å²) < 4.78 is 1.71. The zero-order chi connectivity index (χ0) is 15.0. The number of rotatable bonds is 2. The molecule has 0 saturated carbocycles. The number of benzene rings is 1. The lowest BCUT2D eigenvalue weighted by molar-refractivity contribution is 0.350. The Balaban J connectivity index is 2.20. The van der Waals surface area contributed by atoms with E-state index in [-0.39, 0.29) is 5.56 Å². The molecule has 1 fully saturated rings. The summed E-state index contributed by atoms with van der Waals surface area (Å²) in [7, 11) is 1.83. The van der Waals surface area contributed by atoms with Crippen molar-refractivity contribution in [1.82, 2.24) is 4.57 Å². The second-order valence-electron chi connectivity index (χ2n) is 6.06. The molecule has 2 aromatic rings. The molecule has 2 unspecified atom stereocenters. The molecule has 3 rings (SSSR count). The number of anilines is 1. The molecule has 2 atom stereocenters. The van der Waals surface area contributed by atoms with E-state index in [2.05, 4.69) is 17.9 Å². The van der Waals surface area contributed by atoms with Crippen molar-refractivity contribution in [1.29, 1.82) is 0 Å². The van der Waals surface area contributed by atoms with Gasteiger partial charge in [-0.15, -0.1) is 0 Å². The van der Waals surface area contributed by atoms with Crippen molar-refractivity contribution in [2.75, 3.05) is 18.0 Å². The smallest absolute Gasteiger partial charge is 0.252 e. The van der Waals surface area contributed by atoms with Crippen LogP contribution < -0.4 is 16.2 Å². The Bertz CT molecular complexity index is 707. The summed E-state index contributed by atoms with van der Waals surface area (Å²) in [4.78, 5) is 14.6. The molecule has 1 aliphatic heterocycles. The molecule has 1 saturated heterocycles. The van der Waals surface area contributed by atoms with E-state index in [9.17, 15) is 4.79 Å². The SMILES string of the molecule is CC1CCCN(c2cc(=O)n(C)c3ccccc23)C1CN. The standard InChI is InChI=1S/C17H23N3O/c1-12-6-5-9-20(16(12)11-18)15-10-17(21)19(2)14-8-4-3-7-13(14)15/h3-4,7-8,10,12,16H,5-6,9,11,18H2,1-2H3. The zero-order valence-electron chi connectivity index (χ0n) is 12.7. The lowest BCUT2D eigenvalue weighted by Crippen LogP contribution is -2.49. The third-order valence-electron chi connectivity index (χ3n) is 4.80. The minimum atomic E-state index is 0.0395. The molecule has 1 aromatic carbocycles. The van der Waals surface area contributed by atoms with Gasteiger partial charge < -0.3 is 15.2 Å². The van der Waals surface area contributed by atoms with Gasteiger partial charge in [0.25, 0.3) is 5.56 Å². The van der Waals surface area contributed by atoms with Gasteiger partial charge in [-0.1, -0.05) is 25.1 Å². The Morgan fingerprint density at radius 3 is 2.86 bits per heavy atom. The summed E-state index contributed by atoms with van der Waals surface area (Å²) in [5.41, 5.74) is 8.07. The summed E-state index contributed by atoms with van der Waals surface area (Å²) in [6.45, 7) is 3.86. The Morgan fingerprint density at radius 1 is 1.33 bits per heavy atom. The maximum atomic E-state index is 12.3. The summed E-state index contributed by atoms with van der Waals surface area (Å²) in [6, 6.07) is 10.2. The molecule has 4 nitrogen and oxygen atoms in total. The van der Waals surface area contributed by atoms with Crippen molar-refractivity contribution < 1.29 is 0 Å². The lowest BCUT2D eigenvalue weighted by Gasteiger charge is -2.41. The largest absolute Gasteiger partial charge is 0.366 e. The van der Waals surface area contributed by atoms with Crippen LogP contribution in [-0.4, -0.2) is 23.7 Å². The Morgan fingerprint density at radius 2 is 2.10 bits per heavy atom. The average Bonchev–Trinajstić information content (AvgIpc) is 2.51. The number of fused-ring (bicyclic) bond motifs is 1. The van der Waals surface area contributed by atoms with Gasteiger partial charge in [-0.05, 0) is 24.8 Å². The maximum absolute atomic E-state index is 12.3. The van der Waals surface area contributed by atoms with Gasteiger partial charge in [0, 0.05) is 37.6 Å². The van der Waals surface area contributed by atoms with Gasteiger partial charge in [-0.2, -0.15) is 0 Å². The van der Waals surface area contributed by atoms with Crippen LogP contribution in [0.1, 0.15) is 19.8 Å². The Labute approximate surface area is 125 Å². The summed E-state index contributed by atoms with van der Waals surface area (Å²) >= 11 is 0. The number of aryl methyl sites for hydroxylation is 1. The highest BCUT2D eigenvalue weighted by atomic mass is 16.1. The molecule has 21 heavy (non-hydrogen) atoms. The van der Waals surface area contributed by atoms with Gasteiger partial charge in [0.1, 0.15) is 0 Å². The van der Waals surface area contributed by atoms with Crippen LogP contribution in [0.25, 0.3) is 10.9 Å². The number of hydrogen-bond acceptors (Lipinski definition) is 3. The van der Waals surface area contributed by atoms with E-state index in [1.807, 2.05) is 25.2 Å². The monoisotopic (exact) mass is 285 g/mol. The second-order valence-corrected chi connectivity index (χ2v) is 6.06. The first kappa shape index (κ1) is 14.1. The number of aromatic nitrogens is 1. The fraction of sp³-hybridized carbons (Fsp3) is 0.471. The fourth-order valence-corrected chi connectivity index (χ4v) is 3.54. The molecule has 0 radical (unpaired) electrons. The number of nitrogens with two attached hydrogens (primary N) is 1. The molecule has 4 heteroatoms. The first-order valence-electron chi connectivity index (χ1n) is 7.69. The van der Waals surface area contributed by atoms with Gasteiger partial charge in [0.2, 0.25) is 0 Å². The number of para-hydroxylation sites is 1. The highest BCUT2D eigenvalue weighted by Gasteiger charge is 2.28. The third-order valence-corrected chi connectivity index (χ3v) is 4.80. The van der Waals surface area contributed by atoms with Gasteiger partial charge in [0.15, 0.2) is 0 Å². The molecule has 0 aliphatic carbocycles. The molecule has 0 spiro atoms. The molecule has 2 N–H and O–H groups in total. The summed E-state index contributed by atoms with van der Waals surface area (Å²) in [5.74, 6) is 0.562. The van der Waals surface area contributed by atoms with Gasteiger partial charge in [0.05, 0.1) is 11.2 Å². The lowest BCUT2D eigenvalue weighted by atomic mass is 9.90. The van der Waals surface area contributed by atoms with Gasteiger partial charge >= 0.3 is 0 Å². The number of pyridine rings is 1. The number of hydrogen-bond donors (Lipinski definition) is 1. The predicted octanol–water partition coefficient (Wildman–Crippen LogP) is 2.10. The van der Waals surface area contributed by atoms with Crippen molar-refractivity contribution in [3.8, 4) is 0 Å². The van der Waals surface area contributed by atoms with Gasteiger partial charge in [-0.3, -0.25) is 4.79 Å². The Kier molecular flexibility index (Phi) is 3.72. The first-order chi connectivity index (χ1) is 10.1. The molecular formula is C17H23N3O. The molecule has 1 aliphatic rings. The average molecular weight is 285 g/mol. The van der Waals surface area contributed by atoms with Crippen LogP contribution in [-0.2, 0) is 7.05 Å². The molecule has 2 heterocycles. The minimum absolute atomic E-state index is 0.0395. The maximum Gasteiger partial charge on any atom is 0.252 e. The van der Waals surface area contributed by atoms with Crippen LogP contribution in [0.2, 0.25) is 0 Å². The summed E-state index contributed by atoms with van der Waals surface area (Å²) in [5, 5.41) is 1.13. The zero-order valence-corrected chi connectivity index (χ0v) is 12.7. The highest BCUT2D eigenvalue weighted by Crippen LogP contribution is 2.32.